The molecule has 0 radical (unpaired) electrons. The minimum absolute atomic E-state index is 0.174. The van der Waals surface area contributed by atoms with Gasteiger partial charge in [-0.15, -0.1) is 0 Å². The Morgan fingerprint density at radius 1 is 1.45 bits per heavy atom. The summed E-state index contributed by atoms with van der Waals surface area (Å²) in [7, 11) is 0. The fourth-order valence-corrected chi connectivity index (χ4v) is 2.70. The molecule has 0 aromatic carbocycles. The lowest BCUT2D eigenvalue weighted by Gasteiger charge is -2.30. The summed E-state index contributed by atoms with van der Waals surface area (Å²) in [6, 6.07) is -0.174. The first-order valence-corrected chi connectivity index (χ1v) is 8.04. The predicted molar refractivity (Wildman–Crippen MR) is 81.8 cm³/mol. The Morgan fingerprint density at radius 3 is 2.95 bits per heavy atom. The molecule has 5 heteroatoms. The number of aliphatic hydroxyl groups excluding tert-OH is 1. The summed E-state index contributed by atoms with van der Waals surface area (Å²) in [5.74, 6) is 0.806. The van der Waals surface area contributed by atoms with Crippen LogP contribution in [0, 0.1) is 5.92 Å². The van der Waals surface area contributed by atoms with E-state index >= 15 is 0 Å². The standard InChI is InChI=1S/C15H31N3O2/c1-3-6-14(19)11-17-15(20)16-8-5-10-18-9-4-7-13(2)12-18/h13-14,19H,3-12H2,1-2H3,(H2,16,17,20). The molecule has 1 aliphatic rings. The van der Waals surface area contributed by atoms with E-state index in [0.29, 0.717) is 13.1 Å². The van der Waals surface area contributed by atoms with Crippen molar-refractivity contribution >= 4 is 6.03 Å². The second kappa shape index (κ2) is 10.00. The number of piperidine rings is 1. The third kappa shape index (κ3) is 7.70. The summed E-state index contributed by atoms with van der Waals surface area (Å²) in [6.07, 6.45) is 4.85. The zero-order chi connectivity index (χ0) is 14.8. The molecule has 2 unspecified atom stereocenters. The van der Waals surface area contributed by atoms with Crippen LogP contribution in [0.5, 0.6) is 0 Å². The van der Waals surface area contributed by atoms with E-state index in [-0.39, 0.29) is 6.03 Å². The van der Waals surface area contributed by atoms with Crippen molar-refractivity contribution < 1.29 is 9.90 Å². The van der Waals surface area contributed by atoms with E-state index in [2.05, 4.69) is 22.5 Å². The van der Waals surface area contributed by atoms with Gasteiger partial charge in [0.05, 0.1) is 6.10 Å². The number of aliphatic hydroxyl groups is 1. The number of likely N-dealkylation sites (tertiary alicyclic amines) is 1. The predicted octanol–water partition coefficient (Wildman–Crippen LogP) is 1.57. The highest BCUT2D eigenvalue weighted by molar-refractivity contribution is 5.73. The minimum atomic E-state index is -0.430. The highest BCUT2D eigenvalue weighted by atomic mass is 16.3. The van der Waals surface area contributed by atoms with Gasteiger partial charge in [-0.25, -0.2) is 4.79 Å². The van der Waals surface area contributed by atoms with Crippen LogP contribution < -0.4 is 10.6 Å². The monoisotopic (exact) mass is 285 g/mol. The lowest BCUT2D eigenvalue weighted by atomic mass is 10.0. The van der Waals surface area contributed by atoms with Gasteiger partial charge in [0.2, 0.25) is 0 Å². The maximum absolute atomic E-state index is 11.5. The molecule has 1 rings (SSSR count). The average molecular weight is 285 g/mol. The van der Waals surface area contributed by atoms with E-state index in [1.54, 1.807) is 0 Å². The van der Waals surface area contributed by atoms with Gasteiger partial charge >= 0.3 is 6.03 Å². The second-order valence-electron chi connectivity index (χ2n) is 5.98. The van der Waals surface area contributed by atoms with Gasteiger partial charge in [0.25, 0.3) is 0 Å². The molecule has 5 nitrogen and oxygen atoms in total. The highest BCUT2D eigenvalue weighted by Crippen LogP contribution is 2.15. The third-order valence-electron chi connectivity index (χ3n) is 3.80. The zero-order valence-corrected chi connectivity index (χ0v) is 13.0. The number of hydrogen-bond donors (Lipinski definition) is 3. The second-order valence-corrected chi connectivity index (χ2v) is 5.98. The van der Waals surface area contributed by atoms with Crippen molar-refractivity contribution in [3.05, 3.63) is 0 Å². The molecule has 1 aliphatic heterocycles. The first kappa shape index (κ1) is 17.2. The Labute approximate surface area is 123 Å². The fraction of sp³-hybridized carbons (Fsp3) is 0.933. The molecule has 20 heavy (non-hydrogen) atoms. The normalized spacial score (nSPS) is 21.4. The van der Waals surface area contributed by atoms with Crippen LogP contribution in [-0.4, -0.2) is 54.9 Å². The van der Waals surface area contributed by atoms with Gasteiger partial charge in [-0.3, -0.25) is 0 Å². The summed E-state index contributed by atoms with van der Waals surface area (Å²) >= 11 is 0. The van der Waals surface area contributed by atoms with Crippen LogP contribution >= 0.6 is 0 Å². The van der Waals surface area contributed by atoms with Crippen LogP contribution in [0.4, 0.5) is 4.79 Å². The number of hydrogen-bond acceptors (Lipinski definition) is 3. The van der Waals surface area contributed by atoms with Crippen molar-refractivity contribution in [1.29, 1.82) is 0 Å². The molecule has 0 aromatic rings. The lowest BCUT2D eigenvalue weighted by Crippen LogP contribution is -2.41. The van der Waals surface area contributed by atoms with Crippen molar-refractivity contribution in [3.8, 4) is 0 Å². The Balaban J connectivity index is 1.98. The van der Waals surface area contributed by atoms with Gasteiger partial charge in [-0.05, 0) is 44.7 Å². The van der Waals surface area contributed by atoms with Crippen LogP contribution in [-0.2, 0) is 0 Å². The number of carbonyl (C=O) groups is 1. The molecule has 1 heterocycles. The number of rotatable bonds is 8. The van der Waals surface area contributed by atoms with Gasteiger partial charge in [0.15, 0.2) is 0 Å². The molecule has 0 saturated carbocycles. The van der Waals surface area contributed by atoms with E-state index in [4.69, 9.17) is 0 Å². The summed E-state index contributed by atoms with van der Waals surface area (Å²) < 4.78 is 0. The van der Waals surface area contributed by atoms with Gasteiger partial charge in [-0.1, -0.05) is 20.3 Å². The summed E-state index contributed by atoms with van der Waals surface area (Å²) in [5, 5.41) is 15.1. The number of carbonyl (C=O) groups excluding carboxylic acids is 1. The Bertz CT molecular complexity index is 274. The van der Waals surface area contributed by atoms with Crippen LogP contribution in [0.1, 0.15) is 46.0 Å². The van der Waals surface area contributed by atoms with E-state index < -0.39 is 6.10 Å². The number of urea groups is 1. The highest BCUT2D eigenvalue weighted by Gasteiger charge is 2.15. The van der Waals surface area contributed by atoms with Gasteiger partial charge < -0.3 is 20.6 Å². The average Bonchev–Trinajstić information content (AvgIpc) is 2.42. The summed E-state index contributed by atoms with van der Waals surface area (Å²) in [6.45, 7) is 8.80. The molecule has 0 spiro atoms. The van der Waals surface area contributed by atoms with Crippen LogP contribution in [0.2, 0.25) is 0 Å². The molecule has 0 aliphatic carbocycles. The van der Waals surface area contributed by atoms with Gasteiger partial charge in [0.1, 0.15) is 0 Å². The third-order valence-corrected chi connectivity index (χ3v) is 3.80. The van der Waals surface area contributed by atoms with Crippen molar-refractivity contribution in [2.24, 2.45) is 5.92 Å². The maximum Gasteiger partial charge on any atom is 0.314 e. The molecule has 3 N–H and O–H groups in total. The molecular weight excluding hydrogens is 254 g/mol. The maximum atomic E-state index is 11.5. The van der Waals surface area contributed by atoms with Crippen molar-refractivity contribution in [1.82, 2.24) is 15.5 Å². The number of amides is 2. The number of nitrogens with zero attached hydrogens (tertiary/aromatic N) is 1. The molecule has 1 fully saturated rings. The van der Waals surface area contributed by atoms with Crippen molar-refractivity contribution in [3.63, 3.8) is 0 Å². The Hall–Kier alpha value is -0.810. The van der Waals surface area contributed by atoms with Crippen LogP contribution in [0.15, 0.2) is 0 Å². The smallest absolute Gasteiger partial charge is 0.314 e. The lowest BCUT2D eigenvalue weighted by molar-refractivity contribution is 0.160. The van der Waals surface area contributed by atoms with E-state index in [1.807, 2.05) is 6.92 Å². The molecule has 118 valence electrons. The first-order valence-electron chi connectivity index (χ1n) is 8.04. The molecule has 2 atom stereocenters. The van der Waals surface area contributed by atoms with Gasteiger partial charge in [0, 0.05) is 19.6 Å². The molecule has 0 bridgehead atoms. The van der Waals surface area contributed by atoms with Crippen LogP contribution in [0.25, 0.3) is 0 Å². The topological polar surface area (TPSA) is 64.6 Å². The van der Waals surface area contributed by atoms with E-state index in [9.17, 15) is 9.90 Å². The van der Waals surface area contributed by atoms with Crippen LogP contribution in [0.3, 0.4) is 0 Å². The minimum Gasteiger partial charge on any atom is -0.391 e. The van der Waals surface area contributed by atoms with E-state index in [1.165, 1.54) is 25.9 Å². The molecule has 1 saturated heterocycles. The molecule has 0 aromatic heterocycles. The first-order chi connectivity index (χ1) is 9.61. The SMILES string of the molecule is CCCC(O)CNC(=O)NCCCN1CCCC(C)C1. The Kier molecular flexibility index (Phi) is 8.62. The van der Waals surface area contributed by atoms with E-state index in [0.717, 1.165) is 31.7 Å². The zero-order valence-electron chi connectivity index (χ0n) is 13.0. The van der Waals surface area contributed by atoms with Gasteiger partial charge in [-0.2, -0.15) is 0 Å². The number of nitrogens with one attached hydrogen (secondary N) is 2. The Morgan fingerprint density at radius 2 is 2.25 bits per heavy atom. The molecular formula is C15H31N3O2. The largest absolute Gasteiger partial charge is 0.391 e. The summed E-state index contributed by atoms with van der Waals surface area (Å²) in [4.78, 5) is 14.0. The molecule has 2 amide bonds. The summed E-state index contributed by atoms with van der Waals surface area (Å²) in [5.41, 5.74) is 0. The fourth-order valence-electron chi connectivity index (χ4n) is 2.70. The van der Waals surface area contributed by atoms with Crippen molar-refractivity contribution in [2.75, 3.05) is 32.7 Å². The quantitative estimate of drug-likeness (QED) is 0.593. The van der Waals surface area contributed by atoms with Crippen molar-refractivity contribution in [2.45, 2.75) is 52.1 Å².